The molecule has 0 radical (unpaired) electrons. The summed E-state index contributed by atoms with van der Waals surface area (Å²) in [4.78, 5) is 26.2. The fourth-order valence-corrected chi connectivity index (χ4v) is 3.20. The van der Waals surface area contributed by atoms with Gasteiger partial charge in [-0.1, -0.05) is 25.0 Å². The molecule has 1 aromatic rings. The molecule has 1 aliphatic carbocycles. The van der Waals surface area contributed by atoms with Crippen LogP contribution in [-0.4, -0.2) is 38.5 Å². The third-order valence-electron chi connectivity index (χ3n) is 4.87. The second kappa shape index (κ2) is 9.44. The molecule has 0 aliphatic heterocycles. The average molecular weight is 345 g/mol. The maximum absolute atomic E-state index is 12.1. The van der Waals surface area contributed by atoms with E-state index in [-0.39, 0.29) is 17.7 Å². The van der Waals surface area contributed by atoms with E-state index in [0.29, 0.717) is 6.54 Å². The van der Waals surface area contributed by atoms with Gasteiger partial charge in [-0.25, -0.2) is 0 Å². The number of carbonyl (C=O) groups is 2. The molecule has 5 heteroatoms. The quantitative estimate of drug-likeness (QED) is 0.712. The Hall–Kier alpha value is -2.04. The van der Waals surface area contributed by atoms with Gasteiger partial charge in [0.15, 0.2) is 0 Å². The van der Waals surface area contributed by atoms with Crippen LogP contribution in [0.3, 0.4) is 0 Å². The van der Waals surface area contributed by atoms with Crippen molar-refractivity contribution in [3.05, 3.63) is 29.8 Å². The predicted octanol–water partition coefficient (Wildman–Crippen LogP) is 2.50. The smallest absolute Gasteiger partial charge is 0.242 e. The molecule has 138 valence electrons. The van der Waals surface area contributed by atoms with Gasteiger partial charge in [0.05, 0.1) is 0 Å². The number of benzene rings is 1. The van der Waals surface area contributed by atoms with Crippen molar-refractivity contribution < 1.29 is 9.59 Å². The summed E-state index contributed by atoms with van der Waals surface area (Å²) in [6, 6.07) is 8.00. The first-order valence-electron chi connectivity index (χ1n) is 9.31. The highest BCUT2D eigenvalue weighted by molar-refractivity contribution is 5.88. The fraction of sp³-hybridized carbons (Fsp3) is 0.600. The van der Waals surface area contributed by atoms with Gasteiger partial charge in [0.2, 0.25) is 11.8 Å². The lowest BCUT2D eigenvalue weighted by molar-refractivity contribution is -0.130. The number of amides is 2. The Morgan fingerprint density at radius 2 is 1.80 bits per heavy atom. The zero-order valence-corrected chi connectivity index (χ0v) is 15.7. The van der Waals surface area contributed by atoms with E-state index in [1.807, 2.05) is 14.1 Å². The van der Waals surface area contributed by atoms with E-state index in [1.165, 1.54) is 11.3 Å². The van der Waals surface area contributed by atoms with Crippen molar-refractivity contribution in [2.45, 2.75) is 51.5 Å². The summed E-state index contributed by atoms with van der Waals surface area (Å²) in [5.74, 6) is 0.0239. The van der Waals surface area contributed by atoms with Crippen molar-refractivity contribution in [1.82, 2.24) is 10.6 Å². The topological polar surface area (TPSA) is 61.4 Å². The molecule has 1 unspecified atom stereocenters. The highest BCUT2D eigenvalue weighted by atomic mass is 16.2. The van der Waals surface area contributed by atoms with Gasteiger partial charge in [-0.2, -0.15) is 0 Å². The van der Waals surface area contributed by atoms with E-state index >= 15 is 0 Å². The Morgan fingerprint density at radius 1 is 1.16 bits per heavy atom. The zero-order valence-electron chi connectivity index (χ0n) is 15.7. The molecule has 1 aromatic carbocycles. The van der Waals surface area contributed by atoms with Crippen LogP contribution in [0, 0.1) is 5.92 Å². The van der Waals surface area contributed by atoms with Gasteiger partial charge >= 0.3 is 0 Å². The first-order valence-corrected chi connectivity index (χ1v) is 9.31. The highest BCUT2D eigenvalue weighted by Crippen LogP contribution is 2.24. The first kappa shape index (κ1) is 19.3. The summed E-state index contributed by atoms with van der Waals surface area (Å²) in [5, 5.41) is 5.76. The first-order chi connectivity index (χ1) is 12.0. The largest absolute Gasteiger partial charge is 0.378 e. The standard InChI is InChI=1S/C20H31N3O2/c1-15(22-20(25)17-8-4-5-9-17)19(24)21-14-6-7-16-10-12-18(13-11-16)23(2)3/h10-13,15,17H,4-9,14H2,1-3H3,(H,21,24)(H,22,25). The number of anilines is 1. The highest BCUT2D eigenvalue weighted by Gasteiger charge is 2.25. The Balaban J connectivity index is 1.64. The van der Waals surface area contributed by atoms with Gasteiger partial charge in [-0.3, -0.25) is 9.59 Å². The van der Waals surface area contributed by atoms with Crippen LogP contribution in [0.15, 0.2) is 24.3 Å². The summed E-state index contributed by atoms with van der Waals surface area (Å²) in [6.07, 6.45) is 5.95. The van der Waals surface area contributed by atoms with E-state index in [0.717, 1.165) is 38.5 Å². The van der Waals surface area contributed by atoms with Gasteiger partial charge in [0.1, 0.15) is 6.04 Å². The van der Waals surface area contributed by atoms with Crippen molar-refractivity contribution in [3.8, 4) is 0 Å². The molecular formula is C20H31N3O2. The molecule has 1 atom stereocenters. The van der Waals surface area contributed by atoms with Gasteiger partial charge in [-0.05, 0) is 50.3 Å². The van der Waals surface area contributed by atoms with Gasteiger partial charge < -0.3 is 15.5 Å². The van der Waals surface area contributed by atoms with Crippen molar-refractivity contribution in [1.29, 1.82) is 0 Å². The summed E-state index contributed by atoms with van der Waals surface area (Å²) in [5.41, 5.74) is 2.45. The van der Waals surface area contributed by atoms with Crippen LogP contribution in [0.5, 0.6) is 0 Å². The molecule has 2 amide bonds. The number of hydrogen-bond donors (Lipinski definition) is 2. The SMILES string of the molecule is CC(NC(=O)C1CCCC1)C(=O)NCCCc1ccc(N(C)C)cc1. The van der Waals surface area contributed by atoms with Crippen LogP contribution >= 0.6 is 0 Å². The lowest BCUT2D eigenvalue weighted by atomic mass is 10.1. The lowest BCUT2D eigenvalue weighted by Gasteiger charge is -2.17. The molecule has 1 fully saturated rings. The predicted molar refractivity (Wildman–Crippen MR) is 102 cm³/mol. The number of carbonyl (C=O) groups excluding carboxylic acids is 2. The summed E-state index contributed by atoms with van der Waals surface area (Å²) < 4.78 is 0. The molecule has 2 N–H and O–H groups in total. The fourth-order valence-electron chi connectivity index (χ4n) is 3.20. The van der Waals surface area contributed by atoms with Crippen LogP contribution in [0.2, 0.25) is 0 Å². The molecule has 25 heavy (non-hydrogen) atoms. The Kier molecular flexibility index (Phi) is 7.29. The molecule has 1 saturated carbocycles. The minimum Gasteiger partial charge on any atom is -0.378 e. The number of rotatable bonds is 8. The molecule has 2 rings (SSSR count). The second-order valence-corrected chi connectivity index (χ2v) is 7.17. The van der Waals surface area contributed by atoms with Crippen LogP contribution < -0.4 is 15.5 Å². The van der Waals surface area contributed by atoms with Crippen molar-refractivity contribution in [2.24, 2.45) is 5.92 Å². The summed E-state index contributed by atoms with van der Waals surface area (Å²) >= 11 is 0. The van der Waals surface area contributed by atoms with E-state index in [2.05, 4.69) is 39.8 Å². The Labute approximate surface area is 151 Å². The summed E-state index contributed by atoms with van der Waals surface area (Å²) in [6.45, 7) is 2.38. The zero-order chi connectivity index (χ0) is 18.2. The number of aryl methyl sites for hydroxylation is 1. The minimum atomic E-state index is -0.465. The Morgan fingerprint density at radius 3 is 2.40 bits per heavy atom. The lowest BCUT2D eigenvalue weighted by Crippen LogP contribution is -2.46. The van der Waals surface area contributed by atoms with E-state index in [1.54, 1.807) is 6.92 Å². The summed E-state index contributed by atoms with van der Waals surface area (Å²) in [7, 11) is 4.05. The monoisotopic (exact) mass is 345 g/mol. The molecule has 0 spiro atoms. The van der Waals surface area contributed by atoms with Crippen molar-refractivity contribution in [3.63, 3.8) is 0 Å². The van der Waals surface area contributed by atoms with E-state index in [4.69, 9.17) is 0 Å². The molecular weight excluding hydrogens is 314 g/mol. The number of nitrogens with zero attached hydrogens (tertiary/aromatic N) is 1. The molecule has 5 nitrogen and oxygen atoms in total. The van der Waals surface area contributed by atoms with E-state index in [9.17, 15) is 9.59 Å². The van der Waals surface area contributed by atoms with E-state index < -0.39 is 6.04 Å². The second-order valence-electron chi connectivity index (χ2n) is 7.17. The van der Waals surface area contributed by atoms with Crippen LogP contribution in [-0.2, 0) is 16.0 Å². The Bertz CT molecular complexity index is 563. The molecule has 0 bridgehead atoms. The maximum Gasteiger partial charge on any atom is 0.242 e. The molecule has 1 aliphatic rings. The average Bonchev–Trinajstić information content (AvgIpc) is 3.13. The number of nitrogens with one attached hydrogen (secondary N) is 2. The molecule has 0 saturated heterocycles. The molecule has 0 aromatic heterocycles. The normalized spacial score (nSPS) is 15.6. The minimum absolute atomic E-state index is 0.0288. The van der Waals surface area contributed by atoms with Crippen molar-refractivity contribution >= 4 is 17.5 Å². The van der Waals surface area contributed by atoms with Crippen LogP contribution in [0.25, 0.3) is 0 Å². The van der Waals surface area contributed by atoms with Gasteiger partial charge in [0, 0.05) is 32.2 Å². The van der Waals surface area contributed by atoms with Gasteiger partial charge in [-0.15, -0.1) is 0 Å². The van der Waals surface area contributed by atoms with Crippen molar-refractivity contribution in [2.75, 3.05) is 25.5 Å². The van der Waals surface area contributed by atoms with Gasteiger partial charge in [0.25, 0.3) is 0 Å². The third kappa shape index (κ3) is 6.07. The van der Waals surface area contributed by atoms with Crippen LogP contribution in [0.1, 0.15) is 44.6 Å². The third-order valence-corrected chi connectivity index (χ3v) is 4.87. The van der Waals surface area contributed by atoms with Crippen LogP contribution in [0.4, 0.5) is 5.69 Å². The molecule has 0 heterocycles. The maximum atomic E-state index is 12.1. The number of hydrogen-bond acceptors (Lipinski definition) is 3.